The highest BCUT2D eigenvalue weighted by atomic mass is 32.2. The van der Waals surface area contributed by atoms with Gasteiger partial charge in [-0.25, -0.2) is 13.1 Å². The first kappa shape index (κ1) is 21.1. The molecule has 0 saturated carbocycles. The normalized spacial score (nSPS) is 12.2. The SMILES string of the molecule is CCn1nccc1CN(CCc1ccccc1)S(=O)(=O)c1cnn(C(F)F)c1C. The largest absolute Gasteiger partial charge is 0.333 e. The second-order valence-corrected chi connectivity index (χ2v) is 8.44. The zero-order valence-corrected chi connectivity index (χ0v) is 17.1. The number of halogens is 2. The Kier molecular flexibility index (Phi) is 6.43. The number of rotatable bonds is 9. The Morgan fingerprint density at radius 1 is 1.14 bits per heavy atom. The molecule has 2 aromatic heterocycles. The summed E-state index contributed by atoms with van der Waals surface area (Å²) in [5.74, 6) is 0. The van der Waals surface area contributed by atoms with Gasteiger partial charge in [0, 0.05) is 19.3 Å². The van der Waals surface area contributed by atoms with E-state index in [-0.39, 0.29) is 23.7 Å². The Hall–Kier alpha value is -2.59. The van der Waals surface area contributed by atoms with Crippen molar-refractivity contribution in [2.75, 3.05) is 6.54 Å². The second-order valence-electron chi connectivity index (χ2n) is 6.53. The lowest BCUT2D eigenvalue weighted by Gasteiger charge is -2.22. The Morgan fingerprint density at radius 2 is 1.86 bits per heavy atom. The minimum absolute atomic E-state index is 0.0856. The molecular weight excluding hydrogens is 400 g/mol. The third-order valence-corrected chi connectivity index (χ3v) is 6.69. The minimum Gasteiger partial charge on any atom is -0.269 e. The Morgan fingerprint density at radius 3 is 2.48 bits per heavy atom. The lowest BCUT2D eigenvalue weighted by atomic mass is 10.1. The molecule has 29 heavy (non-hydrogen) atoms. The maximum atomic E-state index is 13.3. The fraction of sp³-hybridized carbons (Fsp3) is 0.368. The fourth-order valence-corrected chi connectivity index (χ4v) is 4.70. The third kappa shape index (κ3) is 4.54. The molecule has 1 aromatic carbocycles. The maximum Gasteiger partial charge on any atom is 0.333 e. The topological polar surface area (TPSA) is 73.0 Å². The summed E-state index contributed by atoms with van der Waals surface area (Å²) in [6.07, 6.45) is 3.09. The van der Waals surface area contributed by atoms with Gasteiger partial charge in [0.05, 0.1) is 24.1 Å². The van der Waals surface area contributed by atoms with Gasteiger partial charge < -0.3 is 0 Å². The van der Waals surface area contributed by atoms with Crippen LogP contribution in [0.2, 0.25) is 0 Å². The van der Waals surface area contributed by atoms with Crippen molar-refractivity contribution >= 4 is 10.0 Å². The van der Waals surface area contributed by atoms with E-state index in [0.717, 1.165) is 17.5 Å². The summed E-state index contributed by atoms with van der Waals surface area (Å²) in [6.45, 7) is 1.21. The lowest BCUT2D eigenvalue weighted by molar-refractivity contribution is 0.0541. The summed E-state index contributed by atoms with van der Waals surface area (Å²) >= 11 is 0. The van der Waals surface area contributed by atoms with E-state index in [0.29, 0.717) is 17.6 Å². The quantitative estimate of drug-likeness (QED) is 0.530. The van der Waals surface area contributed by atoms with Gasteiger partial charge in [0.2, 0.25) is 10.0 Å². The monoisotopic (exact) mass is 423 g/mol. The van der Waals surface area contributed by atoms with Crippen molar-refractivity contribution in [3.05, 3.63) is 65.7 Å². The van der Waals surface area contributed by atoms with Crippen molar-refractivity contribution in [1.82, 2.24) is 23.9 Å². The number of benzene rings is 1. The van der Waals surface area contributed by atoms with Crippen LogP contribution >= 0.6 is 0 Å². The Bertz CT molecular complexity index is 1050. The van der Waals surface area contributed by atoms with Crippen LogP contribution in [0.15, 0.2) is 53.7 Å². The molecule has 10 heteroatoms. The van der Waals surface area contributed by atoms with E-state index in [1.807, 2.05) is 37.3 Å². The van der Waals surface area contributed by atoms with Crippen LogP contribution in [-0.2, 0) is 29.5 Å². The number of aromatic nitrogens is 4. The molecule has 0 fully saturated rings. The first-order valence-electron chi connectivity index (χ1n) is 9.21. The van der Waals surface area contributed by atoms with Gasteiger partial charge in [0.1, 0.15) is 4.90 Å². The molecule has 0 amide bonds. The van der Waals surface area contributed by atoms with Gasteiger partial charge in [0.25, 0.3) is 0 Å². The summed E-state index contributed by atoms with van der Waals surface area (Å²) in [5.41, 5.74) is 1.62. The zero-order chi connectivity index (χ0) is 21.0. The van der Waals surface area contributed by atoms with Crippen molar-refractivity contribution in [3.8, 4) is 0 Å². The van der Waals surface area contributed by atoms with E-state index in [9.17, 15) is 17.2 Å². The molecule has 0 bridgehead atoms. The second kappa shape index (κ2) is 8.83. The summed E-state index contributed by atoms with van der Waals surface area (Å²) in [4.78, 5) is -0.214. The molecule has 0 unspecified atom stereocenters. The van der Waals surface area contributed by atoms with Crippen molar-refractivity contribution in [3.63, 3.8) is 0 Å². The molecule has 0 aliphatic rings. The molecule has 156 valence electrons. The highest BCUT2D eigenvalue weighted by Gasteiger charge is 2.30. The first-order valence-corrected chi connectivity index (χ1v) is 10.7. The lowest BCUT2D eigenvalue weighted by Crippen LogP contribution is -2.33. The van der Waals surface area contributed by atoms with E-state index in [1.165, 1.54) is 11.2 Å². The van der Waals surface area contributed by atoms with Crippen LogP contribution < -0.4 is 0 Å². The molecule has 0 aliphatic carbocycles. The number of nitrogens with zero attached hydrogens (tertiary/aromatic N) is 5. The van der Waals surface area contributed by atoms with Crippen LogP contribution in [0.25, 0.3) is 0 Å². The van der Waals surface area contributed by atoms with Crippen LogP contribution in [-0.4, -0.2) is 38.8 Å². The van der Waals surface area contributed by atoms with Crippen molar-refractivity contribution in [1.29, 1.82) is 0 Å². The maximum absolute atomic E-state index is 13.3. The molecule has 2 heterocycles. The molecule has 0 aliphatic heterocycles. The average Bonchev–Trinajstić information content (AvgIpc) is 3.31. The van der Waals surface area contributed by atoms with Crippen molar-refractivity contribution < 1.29 is 17.2 Å². The van der Waals surface area contributed by atoms with E-state index >= 15 is 0 Å². The van der Waals surface area contributed by atoms with Crippen LogP contribution in [0.1, 0.15) is 30.4 Å². The van der Waals surface area contributed by atoms with Gasteiger partial charge in [-0.1, -0.05) is 30.3 Å². The Labute approximate surface area is 168 Å². The van der Waals surface area contributed by atoms with E-state index in [4.69, 9.17) is 0 Å². The predicted molar refractivity (Wildman–Crippen MR) is 104 cm³/mol. The molecular formula is C19H23F2N5O2S. The molecule has 0 N–H and O–H groups in total. The molecule has 0 saturated heterocycles. The van der Waals surface area contributed by atoms with Gasteiger partial charge in [-0.05, 0) is 31.9 Å². The minimum atomic E-state index is -4.04. The van der Waals surface area contributed by atoms with Crippen LogP contribution in [0.3, 0.4) is 0 Å². The number of sulfonamides is 1. The van der Waals surface area contributed by atoms with Crippen molar-refractivity contribution in [2.45, 2.75) is 44.8 Å². The van der Waals surface area contributed by atoms with Crippen LogP contribution in [0.5, 0.6) is 0 Å². The fourth-order valence-electron chi connectivity index (χ4n) is 3.14. The average molecular weight is 423 g/mol. The van der Waals surface area contributed by atoms with Gasteiger partial charge in [-0.2, -0.15) is 23.3 Å². The van der Waals surface area contributed by atoms with Crippen LogP contribution in [0.4, 0.5) is 8.78 Å². The number of aryl methyl sites for hydroxylation is 1. The Balaban J connectivity index is 1.94. The summed E-state index contributed by atoms with van der Waals surface area (Å²) in [6, 6.07) is 11.3. The molecule has 0 atom stereocenters. The van der Waals surface area contributed by atoms with E-state index < -0.39 is 16.6 Å². The summed E-state index contributed by atoms with van der Waals surface area (Å²) < 4.78 is 56.3. The van der Waals surface area contributed by atoms with Gasteiger partial charge in [-0.15, -0.1) is 0 Å². The molecule has 3 aromatic rings. The van der Waals surface area contributed by atoms with Crippen LogP contribution in [0, 0.1) is 6.92 Å². The molecule has 7 nitrogen and oxygen atoms in total. The molecule has 0 spiro atoms. The number of alkyl halides is 2. The number of hydrogen-bond donors (Lipinski definition) is 0. The molecule has 3 rings (SSSR count). The molecule has 0 radical (unpaired) electrons. The van der Waals surface area contributed by atoms with Gasteiger partial charge in [0.15, 0.2) is 0 Å². The zero-order valence-electron chi connectivity index (χ0n) is 16.2. The smallest absolute Gasteiger partial charge is 0.269 e. The first-order chi connectivity index (χ1) is 13.8. The summed E-state index contributed by atoms with van der Waals surface area (Å²) in [5, 5.41) is 7.74. The van der Waals surface area contributed by atoms with Gasteiger partial charge >= 0.3 is 6.55 Å². The van der Waals surface area contributed by atoms with Crippen molar-refractivity contribution in [2.24, 2.45) is 0 Å². The van der Waals surface area contributed by atoms with E-state index in [1.54, 1.807) is 16.9 Å². The highest BCUT2D eigenvalue weighted by molar-refractivity contribution is 7.89. The third-order valence-electron chi connectivity index (χ3n) is 4.74. The standard InChI is InChI=1S/C19H23F2N5O2S/c1-3-25-17(9-11-22-25)14-24(12-10-16-7-5-4-6-8-16)29(27,28)18-13-23-26(15(18)2)19(20)21/h4-9,11,13,19H,3,10,12,14H2,1-2H3. The highest BCUT2D eigenvalue weighted by Crippen LogP contribution is 2.24. The van der Waals surface area contributed by atoms with Gasteiger partial charge in [-0.3, -0.25) is 4.68 Å². The predicted octanol–water partition coefficient (Wildman–Crippen LogP) is 3.24. The number of hydrogen-bond acceptors (Lipinski definition) is 4. The van der Waals surface area contributed by atoms with E-state index in [2.05, 4.69) is 10.2 Å². The summed E-state index contributed by atoms with van der Waals surface area (Å²) in [7, 11) is -4.04.